The lowest BCUT2D eigenvalue weighted by molar-refractivity contribution is -0.120. The molecule has 4 rings (SSSR count). The Bertz CT molecular complexity index is 1190. The number of amides is 2. The largest absolute Gasteiger partial charge is 0.350 e. The van der Waals surface area contributed by atoms with Gasteiger partial charge in [-0.2, -0.15) is 0 Å². The van der Waals surface area contributed by atoms with Gasteiger partial charge in [0.15, 0.2) is 0 Å². The van der Waals surface area contributed by atoms with Crippen LogP contribution in [0.15, 0.2) is 72.4 Å². The second kappa shape index (κ2) is 7.64. The minimum atomic E-state index is -0.341. The van der Waals surface area contributed by atoms with Crippen LogP contribution in [0.3, 0.4) is 0 Å². The third kappa shape index (κ3) is 3.30. The molecule has 0 saturated carbocycles. The van der Waals surface area contributed by atoms with Crippen molar-refractivity contribution in [1.82, 2.24) is 0 Å². The first-order chi connectivity index (χ1) is 14.4. The lowest BCUT2D eigenvalue weighted by Gasteiger charge is -2.18. The van der Waals surface area contributed by atoms with E-state index in [-0.39, 0.29) is 11.8 Å². The van der Waals surface area contributed by atoms with Crippen LogP contribution in [-0.4, -0.2) is 11.8 Å². The Hall–Kier alpha value is -3.66. The zero-order valence-electron chi connectivity index (χ0n) is 17.6. The lowest BCUT2D eigenvalue weighted by atomic mass is 10.0. The van der Waals surface area contributed by atoms with Crippen molar-refractivity contribution in [2.24, 2.45) is 0 Å². The summed E-state index contributed by atoms with van der Waals surface area (Å²) < 4.78 is 0. The molecule has 0 bridgehead atoms. The Morgan fingerprint density at radius 2 is 1.47 bits per heavy atom. The average Bonchev–Trinajstić information content (AvgIpc) is 2.96. The van der Waals surface area contributed by atoms with Crippen molar-refractivity contribution < 1.29 is 9.59 Å². The van der Waals surface area contributed by atoms with Gasteiger partial charge in [-0.05, 0) is 62.1 Å². The third-order valence-corrected chi connectivity index (χ3v) is 5.60. The van der Waals surface area contributed by atoms with Crippen LogP contribution in [-0.2, 0) is 9.59 Å². The molecule has 3 aromatic rings. The Morgan fingerprint density at radius 3 is 2.17 bits per heavy atom. The van der Waals surface area contributed by atoms with Crippen LogP contribution in [0.5, 0.6) is 0 Å². The van der Waals surface area contributed by atoms with Crippen molar-refractivity contribution in [1.29, 1.82) is 0 Å². The quantitative estimate of drug-likeness (QED) is 0.608. The molecule has 1 aliphatic rings. The maximum atomic E-state index is 13.5. The average molecular weight is 396 g/mol. The highest BCUT2D eigenvalue weighted by Gasteiger charge is 2.40. The molecule has 0 atom stereocenters. The van der Waals surface area contributed by atoms with E-state index in [1.54, 1.807) is 0 Å². The second-order valence-corrected chi connectivity index (χ2v) is 7.72. The number of imide groups is 1. The second-order valence-electron chi connectivity index (χ2n) is 7.72. The zero-order valence-corrected chi connectivity index (χ0v) is 17.6. The molecule has 0 radical (unpaired) electrons. The van der Waals surface area contributed by atoms with Crippen LogP contribution in [0.2, 0.25) is 0 Å². The van der Waals surface area contributed by atoms with Gasteiger partial charge >= 0.3 is 0 Å². The first-order valence-corrected chi connectivity index (χ1v) is 9.97. The van der Waals surface area contributed by atoms with Crippen LogP contribution < -0.4 is 10.2 Å². The molecule has 0 unspecified atom stereocenters. The monoisotopic (exact) mass is 396 g/mol. The number of hydrogen-bond acceptors (Lipinski definition) is 3. The highest BCUT2D eigenvalue weighted by atomic mass is 16.2. The van der Waals surface area contributed by atoms with Gasteiger partial charge in [-0.3, -0.25) is 9.59 Å². The number of hydrogen-bond donors (Lipinski definition) is 1. The van der Waals surface area contributed by atoms with Crippen LogP contribution in [0.25, 0.3) is 5.57 Å². The Labute approximate surface area is 176 Å². The fourth-order valence-corrected chi connectivity index (χ4v) is 3.81. The molecule has 0 aromatic heterocycles. The van der Waals surface area contributed by atoms with Gasteiger partial charge in [-0.1, -0.05) is 60.2 Å². The molecule has 4 heteroatoms. The summed E-state index contributed by atoms with van der Waals surface area (Å²) in [4.78, 5) is 28.3. The van der Waals surface area contributed by atoms with Gasteiger partial charge in [0.1, 0.15) is 5.70 Å². The van der Waals surface area contributed by atoms with E-state index in [4.69, 9.17) is 0 Å². The van der Waals surface area contributed by atoms with Gasteiger partial charge in [0.25, 0.3) is 11.8 Å². The number of nitrogens with one attached hydrogen (secondary N) is 1. The van der Waals surface area contributed by atoms with E-state index in [1.807, 2.05) is 94.4 Å². The molecular formula is C26H24N2O2. The van der Waals surface area contributed by atoms with Gasteiger partial charge in [-0.15, -0.1) is 0 Å². The van der Waals surface area contributed by atoms with Crippen LogP contribution in [0.1, 0.15) is 27.8 Å². The molecule has 1 N–H and O–H groups in total. The molecular weight excluding hydrogens is 372 g/mol. The topological polar surface area (TPSA) is 49.4 Å². The SMILES string of the molecule is Cc1ccc(N2C(=O)C(Nc3cccc(C)c3C)=C(c3ccccc3)C2=O)c(C)c1. The summed E-state index contributed by atoms with van der Waals surface area (Å²) in [6.07, 6.45) is 0. The summed E-state index contributed by atoms with van der Waals surface area (Å²) in [5.41, 5.74) is 6.98. The molecule has 1 aliphatic heterocycles. The van der Waals surface area contributed by atoms with Crippen LogP contribution in [0, 0.1) is 27.7 Å². The number of carbonyl (C=O) groups excluding carboxylic acids is 2. The Balaban J connectivity index is 1.86. The number of rotatable bonds is 4. The van der Waals surface area contributed by atoms with Gasteiger partial charge in [0.2, 0.25) is 0 Å². The van der Waals surface area contributed by atoms with Crippen molar-refractivity contribution in [2.45, 2.75) is 27.7 Å². The number of anilines is 2. The number of nitrogens with zero attached hydrogens (tertiary/aromatic N) is 1. The van der Waals surface area contributed by atoms with E-state index < -0.39 is 0 Å². The number of aryl methyl sites for hydroxylation is 3. The van der Waals surface area contributed by atoms with Gasteiger partial charge in [0, 0.05) is 5.69 Å². The molecule has 3 aromatic carbocycles. The van der Waals surface area contributed by atoms with Gasteiger partial charge < -0.3 is 5.32 Å². The molecule has 0 aliphatic carbocycles. The normalized spacial score (nSPS) is 13.9. The molecule has 1 heterocycles. The van der Waals surface area contributed by atoms with E-state index in [2.05, 4.69) is 5.32 Å². The van der Waals surface area contributed by atoms with E-state index in [0.717, 1.165) is 33.5 Å². The summed E-state index contributed by atoms with van der Waals surface area (Å²) in [7, 11) is 0. The van der Waals surface area contributed by atoms with E-state index in [9.17, 15) is 9.59 Å². The summed E-state index contributed by atoms with van der Waals surface area (Å²) in [5, 5.41) is 3.28. The first kappa shape index (κ1) is 19.6. The predicted octanol–water partition coefficient (Wildman–Crippen LogP) is 5.32. The highest BCUT2D eigenvalue weighted by molar-refractivity contribution is 6.46. The fourth-order valence-electron chi connectivity index (χ4n) is 3.81. The van der Waals surface area contributed by atoms with Crippen molar-refractivity contribution in [3.63, 3.8) is 0 Å². The molecule has 0 saturated heterocycles. The number of carbonyl (C=O) groups is 2. The van der Waals surface area contributed by atoms with Gasteiger partial charge in [0.05, 0.1) is 11.3 Å². The maximum absolute atomic E-state index is 13.5. The predicted molar refractivity (Wildman–Crippen MR) is 121 cm³/mol. The zero-order chi connectivity index (χ0) is 21.4. The van der Waals surface area contributed by atoms with Crippen LogP contribution >= 0.6 is 0 Å². The molecule has 0 fully saturated rings. The third-order valence-electron chi connectivity index (χ3n) is 5.60. The van der Waals surface area contributed by atoms with Crippen molar-refractivity contribution in [2.75, 3.05) is 10.2 Å². The summed E-state index contributed by atoms with van der Waals surface area (Å²) >= 11 is 0. The standard InChI is InChI=1S/C26H24N2O2/c1-16-13-14-22(18(3)15-16)28-25(29)23(20-10-6-5-7-11-20)24(26(28)30)27-21-12-8-9-17(2)19(21)4/h5-15,27H,1-4H3. The maximum Gasteiger partial charge on any atom is 0.282 e. The molecule has 2 amide bonds. The van der Waals surface area contributed by atoms with Crippen molar-refractivity contribution >= 4 is 28.8 Å². The van der Waals surface area contributed by atoms with Gasteiger partial charge in [-0.25, -0.2) is 4.90 Å². The minimum absolute atomic E-state index is 0.305. The highest BCUT2D eigenvalue weighted by Crippen LogP contribution is 2.35. The van der Waals surface area contributed by atoms with Crippen molar-refractivity contribution in [3.8, 4) is 0 Å². The van der Waals surface area contributed by atoms with E-state index in [0.29, 0.717) is 17.0 Å². The summed E-state index contributed by atoms with van der Waals surface area (Å²) in [5.74, 6) is -0.655. The minimum Gasteiger partial charge on any atom is -0.350 e. The Kier molecular flexibility index (Phi) is 5.00. The Morgan fingerprint density at radius 1 is 0.733 bits per heavy atom. The molecule has 30 heavy (non-hydrogen) atoms. The smallest absolute Gasteiger partial charge is 0.282 e. The lowest BCUT2D eigenvalue weighted by Crippen LogP contribution is -2.33. The fraction of sp³-hybridized carbons (Fsp3) is 0.154. The van der Waals surface area contributed by atoms with Crippen LogP contribution in [0.4, 0.5) is 11.4 Å². The van der Waals surface area contributed by atoms with E-state index in [1.165, 1.54) is 4.90 Å². The van der Waals surface area contributed by atoms with E-state index >= 15 is 0 Å². The molecule has 150 valence electrons. The molecule has 4 nitrogen and oxygen atoms in total. The summed E-state index contributed by atoms with van der Waals surface area (Å²) in [6.45, 7) is 7.94. The number of benzene rings is 3. The van der Waals surface area contributed by atoms with Crippen molar-refractivity contribution in [3.05, 3.63) is 100 Å². The first-order valence-electron chi connectivity index (χ1n) is 9.97. The molecule has 0 spiro atoms. The summed E-state index contributed by atoms with van der Waals surface area (Å²) in [6, 6.07) is 21.0.